The number of hydrogen-bond acceptors (Lipinski definition) is 11. The van der Waals surface area contributed by atoms with Gasteiger partial charge in [-0.15, -0.1) is 10.6 Å². The molecule has 192 valence electrons. The number of ether oxygens (including phenoxy) is 1. The molecule has 6 N–H and O–H groups in total. The van der Waals surface area contributed by atoms with Gasteiger partial charge in [0, 0.05) is 24.3 Å². The fraction of sp³-hybridized carbons (Fsp3) is 0.0417. The van der Waals surface area contributed by atoms with Gasteiger partial charge in [-0.05, 0) is 24.3 Å². The highest BCUT2D eigenvalue weighted by molar-refractivity contribution is 5.92. The molecule has 38 heavy (non-hydrogen) atoms. The average Bonchev–Trinajstić information content (AvgIpc) is 3.58. The Labute approximate surface area is 213 Å². The van der Waals surface area contributed by atoms with E-state index < -0.39 is 17.7 Å². The molecule has 1 aliphatic heterocycles. The monoisotopic (exact) mass is 517 g/mol. The van der Waals surface area contributed by atoms with Crippen LogP contribution >= 0.6 is 0 Å². The molecule has 2 aromatic heterocycles. The van der Waals surface area contributed by atoms with Crippen LogP contribution in [0.2, 0.25) is 0 Å². The summed E-state index contributed by atoms with van der Waals surface area (Å²) in [6.07, 6.45) is 3.22. The topological polar surface area (TPSA) is 195 Å². The summed E-state index contributed by atoms with van der Waals surface area (Å²) < 4.78 is 6.79. The first-order valence-electron chi connectivity index (χ1n) is 10.9. The van der Waals surface area contributed by atoms with E-state index in [9.17, 15) is 19.8 Å². The highest BCUT2D eigenvalue weighted by Gasteiger charge is 2.20. The zero-order chi connectivity index (χ0) is 27.0. The maximum atomic E-state index is 11.2. The predicted molar refractivity (Wildman–Crippen MR) is 132 cm³/mol. The number of aromatic hydroxyl groups is 2. The molecule has 14 nitrogen and oxygen atoms in total. The molecule has 1 aliphatic rings. The number of nitrogens with zero attached hydrogens (tertiary/aromatic N) is 5. The molecule has 0 spiro atoms. The Morgan fingerprint density at radius 1 is 0.868 bits per heavy atom. The number of benzene rings is 2. The van der Waals surface area contributed by atoms with Gasteiger partial charge in [0.1, 0.15) is 34.1 Å². The Morgan fingerprint density at radius 2 is 1.50 bits per heavy atom. The number of phenols is 2. The van der Waals surface area contributed by atoms with Crippen LogP contribution in [0.4, 0.5) is 5.69 Å². The number of rotatable bonds is 7. The predicted octanol–water partition coefficient (Wildman–Crippen LogP) is 1.97. The van der Waals surface area contributed by atoms with E-state index >= 15 is 0 Å². The number of pyridine rings is 1. The van der Waals surface area contributed by atoms with Gasteiger partial charge in [0.2, 0.25) is 0 Å². The van der Waals surface area contributed by atoms with Gasteiger partial charge in [0.15, 0.2) is 0 Å². The van der Waals surface area contributed by atoms with Crippen molar-refractivity contribution in [2.75, 3.05) is 12.1 Å². The highest BCUT2D eigenvalue weighted by Crippen LogP contribution is 2.29. The van der Waals surface area contributed by atoms with Gasteiger partial charge in [-0.2, -0.15) is 0 Å². The molecule has 0 saturated heterocycles. The third kappa shape index (κ3) is 4.49. The number of aromatic carboxylic acids is 2. The molecule has 2 aromatic carbocycles. The van der Waals surface area contributed by atoms with Gasteiger partial charge >= 0.3 is 11.9 Å². The summed E-state index contributed by atoms with van der Waals surface area (Å²) in [6.45, 7) is 0. The Kier molecular flexibility index (Phi) is 5.98. The fourth-order valence-corrected chi connectivity index (χ4v) is 3.68. The summed E-state index contributed by atoms with van der Waals surface area (Å²) in [6, 6.07) is 11.5. The summed E-state index contributed by atoms with van der Waals surface area (Å²) in [5, 5.41) is 48.0. The van der Waals surface area contributed by atoms with Crippen LogP contribution in [-0.4, -0.2) is 59.5 Å². The van der Waals surface area contributed by atoms with Crippen LogP contribution in [0.5, 0.6) is 17.2 Å². The maximum absolute atomic E-state index is 11.2. The molecule has 4 aromatic rings. The molecule has 0 radical (unpaired) electrons. The van der Waals surface area contributed by atoms with E-state index in [1.165, 1.54) is 53.2 Å². The largest absolute Gasteiger partial charge is 0.507 e. The molecule has 3 heterocycles. The zero-order valence-corrected chi connectivity index (χ0v) is 19.5. The van der Waals surface area contributed by atoms with Crippen LogP contribution in [0, 0.1) is 0 Å². The SMILES string of the molecule is COc1cc(C2=CN(c3ccc(C(=O)O)c(O)c3)NN2)nc(-c2cn(-c3ccc(C(=O)O)c(O)c3)nn2)c1. The van der Waals surface area contributed by atoms with E-state index in [4.69, 9.17) is 14.9 Å². The Hall–Kier alpha value is -5.63. The van der Waals surface area contributed by atoms with Crippen molar-refractivity contribution >= 4 is 23.3 Å². The minimum atomic E-state index is -1.25. The van der Waals surface area contributed by atoms with Gasteiger partial charge in [0.25, 0.3) is 0 Å². The van der Waals surface area contributed by atoms with Crippen molar-refractivity contribution in [2.24, 2.45) is 0 Å². The molecule has 0 saturated carbocycles. The number of hydrazine groups is 2. The van der Waals surface area contributed by atoms with Crippen LogP contribution < -0.4 is 20.7 Å². The lowest BCUT2D eigenvalue weighted by molar-refractivity contribution is 0.0682. The fourth-order valence-electron chi connectivity index (χ4n) is 3.68. The van der Waals surface area contributed by atoms with Gasteiger partial charge in [0.05, 0.1) is 48.0 Å². The lowest BCUT2D eigenvalue weighted by Crippen LogP contribution is -2.36. The first-order valence-corrected chi connectivity index (χ1v) is 10.9. The third-order valence-corrected chi connectivity index (χ3v) is 5.60. The number of anilines is 1. The van der Waals surface area contributed by atoms with Gasteiger partial charge in [-0.25, -0.2) is 19.3 Å². The van der Waals surface area contributed by atoms with Crippen molar-refractivity contribution in [3.8, 4) is 34.3 Å². The number of aromatic nitrogens is 4. The van der Waals surface area contributed by atoms with Crippen LogP contribution in [0.1, 0.15) is 26.4 Å². The number of carboxylic acid groups (broad SMARTS) is 2. The molecule has 0 aliphatic carbocycles. The number of nitrogens with one attached hydrogen (secondary N) is 2. The molecular formula is C24H19N7O7. The molecule has 0 fully saturated rings. The summed E-state index contributed by atoms with van der Waals surface area (Å²) in [5.74, 6) is -2.80. The zero-order valence-electron chi connectivity index (χ0n) is 19.5. The van der Waals surface area contributed by atoms with Crippen LogP contribution in [-0.2, 0) is 0 Å². The maximum Gasteiger partial charge on any atom is 0.339 e. The molecule has 0 atom stereocenters. The van der Waals surface area contributed by atoms with E-state index in [2.05, 4.69) is 26.3 Å². The molecule has 14 heteroatoms. The molecule has 5 rings (SSSR count). The first-order chi connectivity index (χ1) is 18.2. The standard InChI is InChI=1S/C24H19N7O7/c1-38-14-8-17(19-10-30(28-26-19)12-2-4-15(23(34)35)21(32)6-12)25-18(9-14)20-11-31(29-27-20)13-3-5-16(24(36)37)22(33)7-13/h2-11,26,28,32-33H,1H3,(H,34,35)(H,36,37). The highest BCUT2D eigenvalue weighted by atomic mass is 16.5. The lowest BCUT2D eigenvalue weighted by Gasteiger charge is -2.15. The van der Waals surface area contributed by atoms with E-state index in [0.29, 0.717) is 39.9 Å². The number of carbonyl (C=O) groups is 2. The normalized spacial score (nSPS) is 12.7. The first kappa shape index (κ1) is 24.1. The van der Waals surface area contributed by atoms with Crippen LogP contribution in [0.25, 0.3) is 22.8 Å². The average molecular weight is 517 g/mol. The minimum Gasteiger partial charge on any atom is -0.507 e. The van der Waals surface area contributed by atoms with E-state index in [0.717, 1.165) is 0 Å². The van der Waals surface area contributed by atoms with Gasteiger partial charge < -0.3 is 25.2 Å². The smallest absolute Gasteiger partial charge is 0.339 e. The van der Waals surface area contributed by atoms with E-state index in [1.807, 2.05) is 0 Å². The summed E-state index contributed by atoms with van der Waals surface area (Å²) in [5.41, 5.74) is 8.07. The Bertz CT molecular complexity index is 1620. The van der Waals surface area contributed by atoms with Crippen molar-refractivity contribution < 1.29 is 34.8 Å². The number of hydrogen-bond donors (Lipinski definition) is 6. The second-order valence-electron chi connectivity index (χ2n) is 7.99. The Morgan fingerprint density at radius 3 is 2.13 bits per heavy atom. The molecule has 0 unspecified atom stereocenters. The summed E-state index contributed by atoms with van der Waals surface area (Å²) >= 11 is 0. The van der Waals surface area contributed by atoms with E-state index in [-0.39, 0.29) is 16.9 Å². The van der Waals surface area contributed by atoms with Crippen LogP contribution in [0.15, 0.2) is 60.9 Å². The van der Waals surface area contributed by atoms with Gasteiger partial charge in [-0.1, -0.05) is 5.21 Å². The van der Waals surface area contributed by atoms with Crippen molar-refractivity contribution in [2.45, 2.75) is 0 Å². The number of methoxy groups -OCH3 is 1. The van der Waals surface area contributed by atoms with E-state index in [1.54, 1.807) is 24.5 Å². The number of carboxylic acids is 2. The van der Waals surface area contributed by atoms with Crippen molar-refractivity contribution in [1.82, 2.24) is 30.9 Å². The van der Waals surface area contributed by atoms with Crippen molar-refractivity contribution in [1.29, 1.82) is 0 Å². The quantitative estimate of drug-likeness (QED) is 0.208. The van der Waals surface area contributed by atoms with Crippen molar-refractivity contribution in [3.05, 3.63) is 77.7 Å². The van der Waals surface area contributed by atoms with Crippen LogP contribution in [0.3, 0.4) is 0 Å². The summed E-state index contributed by atoms with van der Waals surface area (Å²) in [4.78, 5) is 26.9. The molecule has 0 bridgehead atoms. The minimum absolute atomic E-state index is 0.217. The second kappa shape index (κ2) is 9.44. The van der Waals surface area contributed by atoms with Crippen molar-refractivity contribution in [3.63, 3.8) is 0 Å². The summed E-state index contributed by atoms with van der Waals surface area (Å²) in [7, 11) is 1.50. The molecular weight excluding hydrogens is 498 g/mol. The third-order valence-electron chi connectivity index (χ3n) is 5.60. The molecule has 0 amide bonds. The van der Waals surface area contributed by atoms with Gasteiger partial charge in [-0.3, -0.25) is 10.4 Å². The Balaban J connectivity index is 1.45. The lowest BCUT2D eigenvalue weighted by atomic mass is 10.2. The second-order valence-corrected chi connectivity index (χ2v) is 7.99.